The molecule has 0 spiro atoms. The zero-order chi connectivity index (χ0) is 7.23. The lowest BCUT2D eigenvalue weighted by Crippen LogP contribution is -2.13. The largest absolute Gasteiger partial charge is 0.393 e. The van der Waals surface area contributed by atoms with Crippen LogP contribution in [0.4, 0.5) is 0 Å². The Labute approximate surface area is 62.3 Å². The Kier molecular flexibility index (Phi) is 3.27. The van der Waals surface area contributed by atoms with Gasteiger partial charge in [-0.25, -0.2) is 0 Å². The van der Waals surface area contributed by atoms with Gasteiger partial charge in [-0.1, -0.05) is 11.6 Å². The van der Waals surface area contributed by atoms with E-state index < -0.39 is 0 Å². The second-order valence-electron chi connectivity index (χ2n) is 2.73. The van der Waals surface area contributed by atoms with E-state index in [1.165, 1.54) is 32.1 Å². The molecule has 10 heavy (non-hydrogen) atoms. The summed E-state index contributed by atoms with van der Waals surface area (Å²) >= 11 is 0. The van der Waals surface area contributed by atoms with Crippen molar-refractivity contribution in [1.29, 1.82) is 0 Å². The van der Waals surface area contributed by atoms with Gasteiger partial charge in [0.05, 0.1) is 0 Å². The zero-order valence-electron chi connectivity index (χ0n) is 6.55. The van der Waals surface area contributed by atoms with Gasteiger partial charge in [0.15, 0.2) is 0 Å². The smallest absolute Gasteiger partial charge is 0.127 e. The molecule has 0 aromatic rings. The van der Waals surface area contributed by atoms with Gasteiger partial charge in [0.1, 0.15) is 6.10 Å². The summed E-state index contributed by atoms with van der Waals surface area (Å²) in [7, 11) is 0. The van der Waals surface area contributed by atoms with Gasteiger partial charge in [0.2, 0.25) is 0 Å². The molecule has 0 bridgehead atoms. The van der Waals surface area contributed by atoms with Crippen LogP contribution in [-0.2, 0) is 4.84 Å². The maximum absolute atomic E-state index is 5.20. The lowest BCUT2D eigenvalue weighted by atomic mass is 9.98. The molecule has 0 amide bonds. The summed E-state index contributed by atoms with van der Waals surface area (Å²) in [5.74, 6) is 0. The van der Waals surface area contributed by atoms with Crippen LogP contribution in [0, 0.1) is 0 Å². The van der Waals surface area contributed by atoms with E-state index in [4.69, 9.17) is 4.84 Å². The van der Waals surface area contributed by atoms with E-state index in [-0.39, 0.29) is 0 Å². The van der Waals surface area contributed by atoms with Crippen LogP contribution in [0.25, 0.3) is 0 Å². The Morgan fingerprint density at radius 3 is 2.60 bits per heavy atom. The first-order chi connectivity index (χ1) is 4.93. The van der Waals surface area contributed by atoms with E-state index >= 15 is 0 Å². The third-order valence-corrected chi connectivity index (χ3v) is 1.87. The van der Waals surface area contributed by atoms with Crippen molar-refractivity contribution in [2.75, 3.05) is 0 Å². The molecule has 58 valence electrons. The number of hydrogen-bond acceptors (Lipinski definition) is 2. The second kappa shape index (κ2) is 4.31. The molecule has 0 N–H and O–H groups in total. The van der Waals surface area contributed by atoms with Crippen LogP contribution in [0.2, 0.25) is 0 Å². The summed E-state index contributed by atoms with van der Waals surface area (Å²) in [6.07, 6.45) is 8.48. The van der Waals surface area contributed by atoms with Gasteiger partial charge >= 0.3 is 0 Å². The van der Waals surface area contributed by atoms with Crippen molar-refractivity contribution in [1.82, 2.24) is 0 Å². The van der Waals surface area contributed by atoms with Gasteiger partial charge in [-0.3, -0.25) is 0 Å². The van der Waals surface area contributed by atoms with E-state index in [1.807, 2.05) is 6.92 Å². The predicted molar refractivity (Wildman–Crippen MR) is 42.1 cm³/mol. The van der Waals surface area contributed by atoms with Gasteiger partial charge in [0.25, 0.3) is 0 Å². The summed E-state index contributed by atoms with van der Waals surface area (Å²) in [6, 6.07) is 0. The lowest BCUT2D eigenvalue weighted by Gasteiger charge is -2.18. The van der Waals surface area contributed by atoms with Gasteiger partial charge in [-0.05, 0) is 32.6 Å². The van der Waals surface area contributed by atoms with Crippen molar-refractivity contribution in [3.05, 3.63) is 0 Å². The summed E-state index contributed by atoms with van der Waals surface area (Å²) in [4.78, 5) is 5.20. The fraction of sp³-hybridized carbons (Fsp3) is 0.875. The number of hydrogen-bond donors (Lipinski definition) is 0. The molecule has 1 saturated carbocycles. The molecule has 1 aliphatic carbocycles. The molecule has 0 radical (unpaired) electrons. The van der Waals surface area contributed by atoms with Crippen molar-refractivity contribution >= 4 is 6.21 Å². The molecule has 2 nitrogen and oxygen atoms in total. The van der Waals surface area contributed by atoms with Crippen LogP contribution in [0.1, 0.15) is 39.0 Å². The molecule has 0 aromatic heterocycles. The fourth-order valence-electron chi connectivity index (χ4n) is 1.32. The molecular formula is C8H15NO. The maximum Gasteiger partial charge on any atom is 0.127 e. The molecule has 1 rings (SSSR count). The Bertz CT molecular complexity index is 106. The van der Waals surface area contributed by atoms with Crippen LogP contribution in [0.15, 0.2) is 5.16 Å². The van der Waals surface area contributed by atoms with E-state index in [0.29, 0.717) is 6.10 Å². The minimum atomic E-state index is 0.407. The molecule has 0 atom stereocenters. The number of rotatable bonds is 2. The Balaban J connectivity index is 2.13. The number of oxime groups is 1. The highest BCUT2D eigenvalue weighted by Gasteiger charge is 2.13. The van der Waals surface area contributed by atoms with Crippen LogP contribution >= 0.6 is 0 Å². The molecule has 1 fully saturated rings. The Morgan fingerprint density at radius 1 is 1.30 bits per heavy atom. The second-order valence-corrected chi connectivity index (χ2v) is 2.73. The highest BCUT2D eigenvalue weighted by atomic mass is 16.6. The average molecular weight is 141 g/mol. The minimum Gasteiger partial charge on any atom is -0.393 e. The van der Waals surface area contributed by atoms with Crippen LogP contribution in [0.3, 0.4) is 0 Å². The van der Waals surface area contributed by atoms with Gasteiger partial charge in [0, 0.05) is 6.21 Å². The van der Waals surface area contributed by atoms with E-state index in [1.54, 1.807) is 6.21 Å². The van der Waals surface area contributed by atoms with E-state index in [9.17, 15) is 0 Å². The van der Waals surface area contributed by atoms with Crippen molar-refractivity contribution < 1.29 is 4.84 Å². The molecule has 0 saturated heterocycles. The topological polar surface area (TPSA) is 21.6 Å². The molecule has 1 aliphatic rings. The zero-order valence-corrected chi connectivity index (χ0v) is 6.55. The Morgan fingerprint density at radius 2 is 2.00 bits per heavy atom. The van der Waals surface area contributed by atoms with Crippen molar-refractivity contribution in [2.24, 2.45) is 5.16 Å². The van der Waals surface area contributed by atoms with E-state index in [0.717, 1.165) is 0 Å². The molecule has 2 heteroatoms. The predicted octanol–water partition coefficient (Wildman–Crippen LogP) is 2.34. The van der Waals surface area contributed by atoms with E-state index in [2.05, 4.69) is 5.16 Å². The first-order valence-electron chi connectivity index (χ1n) is 4.07. The van der Waals surface area contributed by atoms with Gasteiger partial charge < -0.3 is 4.84 Å². The molecule has 0 unspecified atom stereocenters. The lowest BCUT2D eigenvalue weighted by molar-refractivity contribution is 0.0338. The quantitative estimate of drug-likeness (QED) is 0.427. The van der Waals surface area contributed by atoms with Crippen molar-refractivity contribution in [3.8, 4) is 0 Å². The highest BCUT2D eigenvalue weighted by Crippen LogP contribution is 2.19. The standard InChI is InChI=1S/C8H15NO/c1-2-9-10-8-6-4-3-5-7-8/h2,8H,3-7H2,1H3. The monoisotopic (exact) mass is 141 g/mol. The van der Waals surface area contributed by atoms with Crippen LogP contribution in [0.5, 0.6) is 0 Å². The summed E-state index contributed by atoms with van der Waals surface area (Å²) < 4.78 is 0. The normalized spacial score (nSPS) is 21.7. The molecule has 0 aliphatic heterocycles. The third kappa shape index (κ3) is 2.38. The number of nitrogens with zero attached hydrogens (tertiary/aromatic N) is 1. The van der Waals surface area contributed by atoms with Crippen LogP contribution in [-0.4, -0.2) is 12.3 Å². The first kappa shape index (κ1) is 7.58. The SMILES string of the molecule is CC=NOC1CCCCC1. The Hall–Kier alpha value is -0.530. The van der Waals surface area contributed by atoms with Crippen molar-refractivity contribution in [3.63, 3.8) is 0 Å². The third-order valence-electron chi connectivity index (χ3n) is 1.87. The first-order valence-corrected chi connectivity index (χ1v) is 4.07. The highest BCUT2D eigenvalue weighted by molar-refractivity contribution is 5.52. The van der Waals surface area contributed by atoms with Gasteiger partial charge in [-0.2, -0.15) is 0 Å². The molecule has 0 heterocycles. The summed E-state index contributed by atoms with van der Waals surface area (Å²) in [5, 5.41) is 3.77. The summed E-state index contributed by atoms with van der Waals surface area (Å²) in [6.45, 7) is 1.88. The molecular weight excluding hydrogens is 126 g/mol. The van der Waals surface area contributed by atoms with Gasteiger partial charge in [-0.15, -0.1) is 0 Å². The van der Waals surface area contributed by atoms with Crippen molar-refractivity contribution in [2.45, 2.75) is 45.1 Å². The summed E-state index contributed by atoms with van der Waals surface area (Å²) in [5.41, 5.74) is 0. The average Bonchev–Trinajstić information content (AvgIpc) is 2.03. The minimum absolute atomic E-state index is 0.407. The molecule has 0 aromatic carbocycles. The van der Waals surface area contributed by atoms with Crippen LogP contribution < -0.4 is 0 Å². The maximum atomic E-state index is 5.20. The fourth-order valence-corrected chi connectivity index (χ4v) is 1.32.